The average Bonchev–Trinajstić information content (AvgIpc) is 2.12. The second-order valence-corrected chi connectivity index (χ2v) is 4.86. The molecule has 9 heteroatoms. The summed E-state index contributed by atoms with van der Waals surface area (Å²) in [6.07, 6.45) is -0.596. The topological polar surface area (TPSA) is 136 Å². The number of sulfonamides is 1. The average molecular weight is 254 g/mol. The summed E-state index contributed by atoms with van der Waals surface area (Å²) < 4.78 is 29.0. The Balaban J connectivity index is 4.50. The number of methoxy groups -OCH3 is 1. The van der Waals surface area contributed by atoms with E-state index in [2.05, 4.69) is 4.74 Å². The Bertz CT molecular complexity index is 352. The highest BCUT2D eigenvalue weighted by atomic mass is 32.2. The molecule has 0 aromatic carbocycles. The van der Waals surface area contributed by atoms with Gasteiger partial charge in [0.15, 0.2) is 0 Å². The molecule has 94 valence electrons. The van der Waals surface area contributed by atoms with Gasteiger partial charge in [-0.2, -0.15) is 0 Å². The number of carbonyl (C=O) groups excluding carboxylic acids is 1. The molecular formula is C7H14N2O6S. The highest BCUT2D eigenvalue weighted by Crippen LogP contribution is 1.96. The molecule has 0 aliphatic rings. The molecule has 0 saturated heterocycles. The Hall–Kier alpha value is -1.19. The predicted molar refractivity (Wildman–Crippen MR) is 54.0 cm³/mol. The van der Waals surface area contributed by atoms with Crippen molar-refractivity contribution in [2.45, 2.75) is 12.5 Å². The van der Waals surface area contributed by atoms with Gasteiger partial charge >= 0.3 is 5.97 Å². The Kier molecular flexibility index (Phi) is 5.93. The van der Waals surface area contributed by atoms with Gasteiger partial charge in [-0.05, 0) is 0 Å². The molecular weight excluding hydrogens is 240 g/mol. The number of hydrogen-bond acceptors (Lipinski definition) is 5. The molecule has 0 unspecified atom stereocenters. The number of nitrogens with two attached hydrogens (primary N) is 1. The van der Waals surface area contributed by atoms with Gasteiger partial charge < -0.3 is 15.6 Å². The molecule has 1 amide bonds. The van der Waals surface area contributed by atoms with Crippen molar-refractivity contribution in [2.24, 2.45) is 5.73 Å². The lowest BCUT2D eigenvalue weighted by Crippen LogP contribution is -2.44. The fraction of sp³-hybridized carbons (Fsp3) is 0.714. The van der Waals surface area contributed by atoms with E-state index >= 15 is 0 Å². The molecule has 0 aliphatic heterocycles. The number of carboxylic acids is 1. The van der Waals surface area contributed by atoms with E-state index < -0.39 is 34.4 Å². The normalized spacial score (nSPS) is 13.3. The van der Waals surface area contributed by atoms with Crippen LogP contribution in [0.3, 0.4) is 0 Å². The van der Waals surface area contributed by atoms with Crippen molar-refractivity contribution < 1.29 is 27.9 Å². The van der Waals surface area contributed by atoms with Gasteiger partial charge in [-0.1, -0.05) is 0 Å². The molecule has 0 fully saturated rings. The quantitative estimate of drug-likeness (QED) is 0.453. The number of carbonyl (C=O) groups is 2. The summed E-state index contributed by atoms with van der Waals surface area (Å²) in [5.74, 6) is -2.74. The van der Waals surface area contributed by atoms with Crippen molar-refractivity contribution in [1.82, 2.24) is 4.72 Å². The fourth-order valence-corrected chi connectivity index (χ4v) is 1.97. The summed E-state index contributed by atoms with van der Waals surface area (Å²) in [5, 5.41) is 8.64. The molecule has 0 rings (SSSR count). The number of ether oxygens (including phenoxy) is 1. The molecule has 0 aliphatic carbocycles. The number of aliphatic carboxylic acids is 1. The Morgan fingerprint density at radius 2 is 2.06 bits per heavy atom. The van der Waals surface area contributed by atoms with Gasteiger partial charge in [0, 0.05) is 7.11 Å². The summed E-state index contributed by atoms with van der Waals surface area (Å²) in [7, 11) is -2.48. The van der Waals surface area contributed by atoms with Gasteiger partial charge in [0.25, 0.3) is 0 Å². The molecule has 0 aromatic rings. The SMILES string of the molecule is COCCS(=O)(=O)N[C@H](CC(N)=O)C(=O)O. The molecule has 0 radical (unpaired) electrons. The lowest BCUT2D eigenvalue weighted by atomic mass is 10.2. The monoisotopic (exact) mass is 254 g/mol. The van der Waals surface area contributed by atoms with Crippen molar-refractivity contribution in [3.8, 4) is 0 Å². The van der Waals surface area contributed by atoms with Gasteiger partial charge in [0.1, 0.15) is 6.04 Å². The number of amides is 1. The predicted octanol–water partition coefficient (Wildman–Crippen LogP) is -2.12. The van der Waals surface area contributed by atoms with Crippen LogP contribution in [0.15, 0.2) is 0 Å². The van der Waals surface area contributed by atoms with Crippen LogP contribution in [0.1, 0.15) is 6.42 Å². The molecule has 1 atom stereocenters. The van der Waals surface area contributed by atoms with Crippen LogP contribution in [0.4, 0.5) is 0 Å². The van der Waals surface area contributed by atoms with Gasteiger partial charge in [0.05, 0.1) is 18.8 Å². The van der Waals surface area contributed by atoms with Crippen molar-refractivity contribution in [2.75, 3.05) is 19.5 Å². The van der Waals surface area contributed by atoms with E-state index in [4.69, 9.17) is 10.8 Å². The highest BCUT2D eigenvalue weighted by molar-refractivity contribution is 7.89. The van der Waals surface area contributed by atoms with Crippen LogP contribution in [-0.4, -0.2) is 50.9 Å². The molecule has 0 spiro atoms. The van der Waals surface area contributed by atoms with Crippen LogP contribution in [-0.2, 0) is 24.3 Å². The second kappa shape index (κ2) is 6.40. The molecule has 8 nitrogen and oxygen atoms in total. The van der Waals surface area contributed by atoms with Crippen LogP contribution in [0.2, 0.25) is 0 Å². The zero-order chi connectivity index (χ0) is 12.8. The first-order chi connectivity index (χ1) is 7.28. The Morgan fingerprint density at radius 3 is 2.44 bits per heavy atom. The third kappa shape index (κ3) is 6.32. The minimum atomic E-state index is -3.80. The molecule has 0 heterocycles. The lowest BCUT2D eigenvalue weighted by Gasteiger charge is -2.12. The molecule has 0 bridgehead atoms. The maximum atomic E-state index is 11.3. The first-order valence-corrected chi connectivity index (χ1v) is 5.94. The number of nitrogens with one attached hydrogen (secondary N) is 1. The minimum Gasteiger partial charge on any atom is -0.480 e. The van der Waals surface area contributed by atoms with E-state index in [9.17, 15) is 18.0 Å². The van der Waals surface area contributed by atoms with E-state index in [0.29, 0.717) is 0 Å². The summed E-state index contributed by atoms with van der Waals surface area (Å²) >= 11 is 0. The lowest BCUT2D eigenvalue weighted by molar-refractivity contribution is -0.140. The Morgan fingerprint density at radius 1 is 1.50 bits per heavy atom. The van der Waals surface area contributed by atoms with Crippen LogP contribution in [0.5, 0.6) is 0 Å². The number of primary amides is 1. The van der Waals surface area contributed by atoms with E-state index in [1.54, 1.807) is 0 Å². The van der Waals surface area contributed by atoms with E-state index in [1.807, 2.05) is 4.72 Å². The van der Waals surface area contributed by atoms with Gasteiger partial charge in [0.2, 0.25) is 15.9 Å². The fourth-order valence-electron chi connectivity index (χ4n) is 0.849. The highest BCUT2D eigenvalue weighted by Gasteiger charge is 2.25. The number of hydrogen-bond donors (Lipinski definition) is 3. The maximum Gasteiger partial charge on any atom is 0.322 e. The maximum absolute atomic E-state index is 11.3. The second-order valence-electron chi connectivity index (χ2n) is 2.99. The minimum absolute atomic E-state index is 0.0712. The van der Waals surface area contributed by atoms with Crippen molar-refractivity contribution in [3.63, 3.8) is 0 Å². The van der Waals surface area contributed by atoms with Gasteiger partial charge in [-0.3, -0.25) is 9.59 Å². The summed E-state index contributed by atoms with van der Waals surface area (Å²) in [6, 6.07) is -1.54. The first-order valence-electron chi connectivity index (χ1n) is 4.28. The third-order valence-electron chi connectivity index (χ3n) is 1.58. The van der Waals surface area contributed by atoms with E-state index in [0.717, 1.165) is 0 Å². The van der Waals surface area contributed by atoms with Gasteiger partial charge in [-0.25, -0.2) is 13.1 Å². The summed E-state index contributed by atoms with van der Waals surface area (Å²) in [5.41, 5.74) is 4.79. The smallest absolute Gasteiger partial charge is 0.322 e. The van der Waals surface area contributed by atoms with E-state index in [-0.39, 0.29) is 12.4 Å². The van der Waals surface area contributed by atoms with Crippen LogP contribution >= 0.6 is 0 Å². The Labute approximate surface area is 92.8 Å². The van der Waals surface area contributed by atoms with Gasteiger partial charge in [-0.15, -0.1) is 0 Å². The zero-order valence-electron chi connectivity index (χ0n) is 8.67. The van der Waals surface area contributed by atoms with Crippen molar-refractivity contribution in [1.29, 1.82) is 0 Å². The van der Waals surface area contributed by atoms with Crippen molar-refractivity contribution in [3.05, 3.63) is 0 Å². The molecule has 4 N–H and O–H groups in total. The van der Waals surface area contributed by atoms with Crippen LogP contribution in [0.25, 0.3) is 0 Å². The summed E-state index contributed by atoms with van der Waals surface area (Å²) in [6.45, 7) is -0.0712. The third-order valence-corrected chi connectivity index (χ3v) is 2.93. The number of carboxylic acid groups (broad SMARTS) is 1. The first kappa shape index (κ1) is 14.8. The largest absolute Gasteiger partial charge is 0.480 e. The van der Waals surface area contributed by atoms with Crippen molar-refractivity contribution >= 4 is 21.9 Å². The van der Waals surface area contributed by atoms with E-state index in [1.165, 1.54) is 7.11 Å². The zero-order valence-corrected chi connectivity index (χ0v) is 9.49. The van der Waals surface area contributed by atoms with Crippen LogP contribution in [0, 0.1) is 0 Å². The van der Waals surface area contributed by atoms with Crippen LogP contribution < -0.4 is 10.5 Å². The molecule has 0 aromatic heterocycles. The number of rotatable bonds is 8. The summed E-state index contributed by atoms with van der Waals surface area (Å²) in [4.78, 5) is 21.1. The molecule has 0 saturated carbocycles. The standard InChI is InChI=1S/C7H14N2O6S/c1-15-2-3-16(13,14)9-5(7(11)12)4-6(8)10/h5,9H,2-4H2,1H3,(H2,8,10)(H,11,12)/t5-/m1/s1. The molecule has 16 heavy (non-hydrogen) atoms.